The molecule has 0 radical (unpaired) electrons. The van der Waals surface area contributed by atoms with Crippen molar-refractivity contribution in [2.75, 3.05) is 15.7 Å². The lowest BCUT2D eigenvalue weighted by molar-refractivity contribution is -0.137. The number of sulfonamides is 2. The van der Waals surface area contributed by atoms with Crippen LogP contribution in [0.4, 0.5) is 24.5 Å². The zero-order valence-corrected chi connectivity index (χ0v) is 15.4. The van der Waals surface area contributed by atoms with Crippen molar-refractivity contribution in [2.45, 2.75) is 11.1 Å². The molecular formula is C14H12ClF3N2O4S2. The number of benzene rings is 2. The SMILES string of the molecule is CS(=O)(=O)Nc1ccc(NS(=O)(=O)c2ccc(C(F)(F)F)cc2)cc1Cl. The second-order valence-corrected chi connectivity index (χ2v) is 9.03. The van der Waals surface area contributed by atoms with Gasteiger partial charge >= 0.3 is 6.18 Å². The van der Waals surface area contributed by atoms with Gasteiger partial charge in [0.25, 0.3) is 10.0 Å². The average Bonchev–Trinajstić information content (AvgIpc) is 2.48. The van der Waals surface area contributed by atoms with Gasteiger partial charge < -0.3 is 0 Å². The zero-order valence-electron chi connectivity index (χ0n) is 13.0. The van der Waals surface area contributed by atoms with Gasteiger partial charge in [0.2, 0.25) is 10.0 Å². The summed E-state index contributed by atoms with van der Waals surface area (Å²) in [5, 5.41) is -0.0666. The largest absolute Gasteiger partial charge is 0.416 e. The van der Waals surface area contributed by atoms with E-state index in [1.807, 2.05) is 0 Å². The molecule has 0 aliphatic rings. The van der Waals surface area contributed by atoms with Crippen LogP contribution in [0.3, 0.4) is 0 Å². The number of hydrogen-bond acceptors (Lipinski definition) is 4. The van der Waals surface area contributed by atoms with E-state index in [0.717, 1.165) is 24.5 Å². The zero-order chi connectivity index (χ0) is 19.8. The fourth-order valence-corrected chi connectivity index (χ4v) is 3.81. The summed E-state index contributed by atoms with van der Waals surface area (Å²) >= 11 is 5.89. The second-order valence-electron chi connectivity index (χ2n) is 5.20. The van der Waals surface area contributed by atoms with Gasteiger partial charge in [-0.3, -0.25) is 9.44 Å². The molecule has 0 saturated carbocycles. The lowest BCUT2D eigenvalue weighted by Crippen LogP contribution is -2.14. The molecule has 2 N–H and O–H groups in total. The molecule has 0 bridgehead atoms. The van der Waals surface area contributed by atoms with Gasteiger partial charge in [0.05, 0.1) is 33.1 Å². The highest BCUT2D eigenvalue weighted by Gasteiger charge is 2.30. The first-order valence-electron chi connectivity index (χ1n) is 6.75. The Hall–Kier alpha value is -1.98. The molecule has 0 amide bonds. The first-order valence-corrected chi connectivity index (χ1v) is 10.5. The predicted octanol–water partition coefficient (Wildman–Crippen LogP) is 3.53. The maximum Gasteiger partial charge on any atom is 0.416 e. The van der Waals surface area contributed by atoms with Crippen LogP contribution in [0.1, 0.15) is 5.56 Å². The smallest absolute Gasteiger partial charge is 0.282 e. The van der Waals surface area contributed by atoms with Crippen LogP contribution in [-0.4, -0.2) is 23.1 Å². The topological polar surface area (TPSA) is 92.3 Å². The van der Waals surface area contributed by atoms with Crippen LogP contribution in [0.15, 0.2) is 47.4 Å². The van der Waals surface area contributed by atoms with Crippen molar-refractivity contribution in [1.29, 1.82) is 0 Å². The van der Waals surface area contributed by atoms with Crippen LogP contribution in [0.25, 0.3) is 0 Å². The summed E-state index contributed by atoms with van der Waals surface area (Å²) in [5.41, 5.74) is -0.920. The van der Waals surface area contributed by atoms with Crippen molar-refractivity contribution in [2.24, 2.45) is 0 Å². The van der Waals surface area contributed by atoms with E-state index in [1.165, 1.54) is 12.1 Å². The molecule has 2 rings (SSSR count). The Morgan fingerprint density at radius 2 is 1.50 bits per heavy atom. The van der Waals surface area contributed by atoms with Gasteiger partial charge in [-0.2, -0.15) is 13.2 Å². The Kier molecular flexibility index (Phi) is 5.45. The highest BCUT2D eigenvalue weighted by atomic mass is 35.5. The maximum atomic E-state index is 12.5. The lowest BCUT2D eigenvalue weighted by atomic mass is 10.2. The molecular weight excluding hydrogens is 417 g/mol. The fourth-order valence-electron chi connectivity index (χ4n) is 1.90. The number of anilines is 2. The van der Waals surface area contributed by atoms with Crippen molar-refractivity contribution in [3.8, 4) is 0 Å². The normalized spacial score (nSPS) is 12.7. The number of alkyl halides is 3. The van der Waals surface area contributed by atoms with E-state index >= 15 is 0 Å². The van der Waals surface area contributed by atoms with E-state index in [1.54, 1.807) is 0 Å². The summed E-state index contributed by atoms with van der Waals surface area (Å²) in [6.45, 7) is 0. The summed E-state index contributed by atoms with van der Waals surface area (Å²) in [6, 6.07) is 6.62. The number of rotatable bonds is 5. The Morgan fingerprint density at radius 3 is 1.96 bits per heavy atom. The molecule has 0 fully saturated rings. The van der Waals surface area contributed by atoms with Crippen LogP contribution < -0.4 is 9.44 Å². The van der Waals surface area contributed by atoms with E-state index in [0.29, 0.717) is 12.1 Å². The minimum absolute atomic E-state index is 0.00829. The highest BCUT2D eigenvalue weighted by molar-refractivity contribution is 7.92. The van der Waals surface area contributed by atoms with Gasteiger partial charge in [-0.15, -0.1) is 0 Å². The van der Waals surface area contributed by atoms with Crippen LogP contribution in [0, 0.1) is 0 Å². The third-order valence-electron chi connectivity index (χ3n) is 3.01. The molecule has 6 nitrogen and oxygen atoms in total. The summed E-state index contributed by atoms with van der Waals surface area (Å²) in [7, 11) is -7.73. The van der Waals surface area contributed by atoms with Crippen molar-refractivity contribution in [1.82, 2.24) is 0 Å². The molecule has 0 unspecified atom stereocenters. The standard InChI is InChI=1S/C14H12ClF3N2O4S2/c1-25(21,22)20-13-7-4-10(8-12(13)15)19-26(23,24)11-5-2-9(3-6-11)14(16,17)18/h2-8,19-20H,1H3. The molecule has 2 aromatic rings. The van der Waals surface area contributed by atoms with E-state index < -0.39 is 31.8 Å². The molecule has 0 spiro atoms. The van der Waals surface area contributed by atoms with Crippen LogP contribution >= 0.6 is 11.6 Å². The van der Waals surface area contributed by atoms with E-state index in [-0.39, 0.29) is 21.3 Å². The Morgan fingerprint density at radius 1 is 0.923 bits per heavy atom. The highest BCUT2D eigenvalue weighted by Crippen LogP contribution is 2.31. The third kappa shape index (κ3) is 5.26. The Bertz CT molecular complexity index is 1020. The number of hydrogen-bond donors (Lipinski definition) is 2. The summed E-state index contributed by atoms with van der Waals surface area (Å²) < 4.78 is 88.8. The van der Waals surface area contributed by atoms with E-state index in [2.05, 4.69) is 9.44 Å². The maximum absolute atomic E-state index is 12.5. The average molecular weight is 429 g/mol. The molecule has 0 aromatic heterocycles. The summed E-state index contributed by atoms with van der Waals surface area (Å²) in [5.74, 6) is 0. The molecule has 26 heavy (non-hydrogen) atoms. The predicted molar refractivity (Wildman–Crippen MR) is 92.2 cm³/mol. The van der Waals surface area contributed by atoms with Crippen molar-refractivity contribution in [3.63, 3.8) is 0 Å². The molecule has 0 saturated heterocycles. The van der Waals surface area contributed by atoms with Crippen LogP contribution in [0.2, 0.25) is 5.02 Å². The second kappa shape index (κ2) is 6.97. The molecule has 0 aliphatic heterocycles. The first kappa shape index (κ1) is 20.3. The van der Waals surface area contributed by atoms with Gasteiger partial charge in [0.1, 0.15) is 0 Å². The minimum atomic E-state index is -4.58. The monoisotopic (exact) mass is 428 g/mol. The Labute approximate surface area is 153 Å². The Balaban J connectivity index is 2.25. The lowest BCUT2D eigenvalue weighted by Gasteiger charge is -2.12. The molecule has 0 aliphatic carbocycles. The van der Waals surface area contributed by atoms with Gasteiger partial charge in [0, 0.05) is 0 Å². The fraction of sp³-hybridized carbons (Fsp3) is 0.143. The van der Waals surface area contributed by atoms with Gasteiger partial charge in [-0.05, 0) is 42.5 Å². The molecule has 2 aromatic carbocycles. The van der Waals surface area contributed by atoms with Crippen molar-refractivity contribution >= 4 is 43.0 Å². The molecule has 12 heteroatoms. The van der Waals surface area contributed by atoms with E-state index in [4.69, 9.17) is 11.6 Å². The van der Waals surface area contributed by atoms with Crippen molar-refractivity contribution < 1.29 is 30.0 Å². The van der Waals surface area contributed by atoms with Crippen LogP contribution in [-0.2, 0) is 26.2 Å². The first-order chi connectivity index (χ1) is 11.8. The van der Waals surface area contributed by atoms with Crippen LogP contribution in [0.5, 0.6) is 0 Å². The van der Waals surface area contributed by atoms with Crippen molar-refractivity contribution in [3.05, 3.63) is 53.1 Å². The van der Waals surface area contributed by atoms with E-state index in [9.17, 15) is 30.0 Å². The summed E-state index contributed by atoms with van der Waals surface area (Å²) in [4.78, 5) is -0.375. The van der Waals surface area contributed by atoms with Gasteiger partial charge in [-0.1, -0.05) is 11.6 Å². The molecule has 142 valence electrons. The molecule has 0 heterocycles. The minimum Gasteiger partial charge on any atom is -0.282 e. The number of halogens is 4. The number of nitrogens with one attached hydrogen (secondary N) is 2. The third-order valence-corrected chi connectivity index (χ3v) is 5.31. The quantitative estimate of drug-likeness (QED) is 0.762. The van der Waals surface area contributed by atoms with Gasteiger partial charge in [0.15, 0.2) is 0 Å². The molecule has 0 atom stereocenters. The van der Waals surface area contributed by atoms with Gasteiger partial charge in [-0.25, -0.2) is 16.8 Å². The summed E-state index contributed by atoms with van der Waals surface area (Å²) in [6.07, 6.45) is -3.66.